The maximum Gasteiger partial charge on any atom is 0.352 e. The van der Waals surface area contributed by atoms with Crippen molar-refractivity contribution >= 4 is 16.7 Å². The maximum atomic E-state index is 10.7. The number of rotatable bonds is 1. The highest BCUT2D eigenvalue weighted by Crippen LogP contribution is 2.24. The Morgan fingerprint density at radius 3 is 2.86 bits per heavy atom. The van der Waals surface area contributed by atoms with Crippen molar-refractivity contribution in [2.24, 2.45) is 7.05 Å². The van der Waals surface area contributed by atoms with Gasteiger partial charge < -0.3 is 10.1 Å². The Balaban J connectivity index is 2.84. The number of aromatic nitrogens is 2. The second-order valence-electron chi connectivity index (χ2n) is 3.22. The lowest BCUT2D eigenvalue weighted by atomic mass is 10.2. The first-order chi connectivity index (χ1) is 6.59. The zero-order valence-electron chi connectivity index (χ0n) is 7.89. The minimum Gasteiger partial charge on any atom is -0.358 e. The minimum atomic E-state index is -0.412. The monoisotopic (exact) mass is 191 g/mol. The summed E-state index contributed by atoms with van der Waals surface area (Å²) in [5, 5.41) is 15.4. The number of hydrogen-bond acceptors (Lipinski definition) is 3. The lowest BCUT2D eigenvalue weighted by molar-refractivity contribution is -0.390. The fraction of sp³-hybridized carbons (Fsp3) is 0.222. The molecule has 1 heterocycles. The van der Waals surface area contributed by atoms with E-state index in [9.17, 15) is 10.1 Å². The molecule has 5 nitrogen and oxygen atoms in total. The smallest absolute Gasteiger partial charge is 0.352 e. The van der Waals surface area contributed by atoms with E-state index in [0.29, 0.717) is 10.9 Å². The van der Waals surface area contributed by atoms with Crippen molar-refractivity contribution in [3.63, 3.8) is 0 Å². The Hall–Kier alpha value is -1.91. The van der Waals surface area contributed by atoms with Crippen molar-refractivity contribution in [3.05, 3.63) is 33.9 Å². The van der Waals surface area contributed by atoms with E-state index in [2.05, 4.69) is 5.10 Å². The minimum absolute atomic E-state index is 0.0417. The summed E-state index contributed by atoms with van der Waals surface area (Å²) in [6, 6.07) is 5.41. The first-order valence-electron chi connectivity index (χ1n) is 4.17. The van der Waals surface area contributed by atoms with Crippen LogP contribution in [0.1, 0.15) is 5.56 Å². The van der Waals surface area contributed by atoms with Gasteiger partial charge in [0.2, 0.25) is 0 Å². The highest BCUT2D eigenvalue weighted by atomic mass is 16.6. The molecule has 0 aliphatic heterocycles. The number of nitro groups is 1. The highest BCUT2D eigenvalue weighted by Gasteiger charge is 2.18. The van der Waals surface area contributed by atoms with Gasteiger partial charge in [0.25, 0.3) is 0 Å². The molecule has 0 unspecified atom stereocenters. The van der Waals surface area contributed by atoms with Gasteiger partial charge in [0.15, 0.2) is 0 Å². The van der Waals surface area contributed by atoms with Gasteiger partial charge >= 0.3 is 5.82 Å². The Morgan fingerprint density at radius 2 is 2.21 bits per heavy atom. The number of aryl methyl sites for hydroxylation is 2. The zero-order chi connectivity index (χ0) is 10.3. The number of fused-ring (bicyclic) bond motifs is 1. The van der Waals surface area contributed by atoms with Crippen LogP contribution in [0.2, 0.25) is 0 Å². The van der Waals surface area contributed by atoms with Crippen molar-refractivity contribution in [1.29, 1.82) is 0 Å². The summed E-state index contributed by atoms with van der Waals surface area (Å²) < 4.78 is 1.30. The van der Waals surface area contributed by atoms with Crippen LogP contribution in [0.5, 0.6) is 0 Å². The van der Waals surface area contributed by atoms with Gasteiger partial charge in [0.05, 0.1) is 5.39 Å². The average molecular weight is 191 g/mol. The van der Waals surface area contributed by atoms with Crippen LogP contribution in [0, 0.1) is 17.0 Å². The van der Waals surface area contributed by atoms with E-state index in [1.165, 1.54) is 4.68 Å². The predicted octanol–water partition coefficient (Wildman–Crippen LogP) is 1.79. The lowest BCUT2D eigenvalue weighted by Crippen LogP contribution is -1.97. The Kier molecular flexibility index (Phi) is 1.73. The van der Waals surface area contributed by atoms with Crippen LogP contribution >= 0.6 is 0 Å². The molecule has 0 atom stereocenters. The van der Waals surface area contributed by atoms with Gasteiger partial charge in [-0.3, -0.25) is 0 Å². The molecule has 0 amide bonds. The van der Waals surface area contributed by atoms with Crippen LogP contribution in [-0.4, -0.2) is 14.7 Å². The van der Waals surface area contributed by atoms with Gasteiger partial charge in [-0.25, -0.2) is 0 Å². The molecule has 14 heavy (non-hydrogen) atoms. The van der Waals surface area contributed by atoms with Crippen molar-refractivity contribution in [2.75, 3.05) is 0 Å². The van der Waals surface area contributed by atoms with Crippen molar-refractivity contribution in [3.8, 4) is 0 Å². The fourth-order valence-electron chi connectivity index (χ4n) is 1.51. The predicted molar refractivity (Wildman–Crippen MR) is 52.1 cm³/mol. The molecular weight excluding hydrogens is 182 g/mol. The Labute approximate surface area is 80.1 Å². The van der Waals surface area contributed by atoms with Gasteiger partial charge in [-0.05, 0) is 29.5 Å². The summed E-state index contributed by atoms with van der Waals surface area (Å²) in [4.78, 5) is 10.3. The molecule has 2 aromatic rings. The van der Waals surface area contributed by atoms with Crippen LogP contribution in [0.3, 0.4) is 0 Å². The van der Waals surface area contributed by atoms with Crippen LogP contribution in [-0.2, 0) is 7.05 Å². The second-order valence-corrected chi connectivity index (χ2v) is 3.22. The molecule has 0 saturated carbocycles. The SMILES string of the molecule is Cc1ccc2c([N+](=O)[O-])n(C)nc2c1. The normalized spacial score (nSPS) is 10.7. The zero-order valence-corrected chi connectivity index (χ0v) is 7.89. The topological polar surface area (TPSA) is 61.0 Å². The summed E-state index contributed by atoms with van der Waals surface area (Å²) in [6.45, 7) is 1.93. The van der Waals surface area contributed by atoms with Crippen LogP contribution in [0.4, 0.5) is 5.82 Å². The summed E-state index contributed by atoms with van der Waals surface area (Å²) in [5.74, 6) is 0.0417. The van der Waals surface area contributed by atoms with Crippen molar-refractivity contribution in [1.82, 2.24) is 9.78 Å². The third kappa shape index (κ3) is 1.14. The molecule has 0 aliphatic rings. The van der Waals surface area contributed by atoms with Crippen molar-refractivity contribution in [2.45, 2.75) is 6.92 Å². The summed E-state index contributed by atoms with van der Waals surface area (Å²) in [5.41, 5.74) is 1.71. The number of nitrogens with zero attached hydrogens (tertiary/aromatic N) is 3. The van der Waals surface area contributed by atoms with E-state index < -0.39 is 4.92 Å². The van der Waals surface area contributed by atoms with Crippen LogP contribution in [0.25, 0.3) is 10.9 Å². The largest absolute Gasteiger partial charge is 0.358 e. The fourth-order valence-corrected chi connectivity index (χ4v) is 1.51. The standard InChI is InChI=1S/C9H9N3O2/c1-6-3-4-7-8(5-6)10-11(2)9(7)12(13)14/h3-5H,1-2H3. The number of benzene rings is 1. The van der Waals surface area contributed by atoms with E-state index in [1.54, 1.807) is 13.1 Å². The van der Waals surface area contributed by atoms with E-state index in [0.717, 1.165) is 5.56 Å². The maximum absolute atomic E-state index is 10.7. The molecular formula is C9H9N3O2. The third-order valence-corrected chi connectivity index (χ3v) is 2.13. The lowest BCUT2D eigenvalue weighted by Gasteiger charge is -1.93. The molecule has 1 aromatic carbocycles. The summed E-state index contributed by atoms with van der Waals surface area (Å²) in [7, 11) is 1.58. The molecule has 0 fully saturated rings. The molecule has 72 valence electrons. The van der Waals surface area contributed by atoms with Crippen molar-refractivity contribution < 1.29 is 4.92 Å². The summed E-state index contributed by atoms with van der Waals surface area (Å²) >= 11 is 0. The average Bonchev–Trinajstić information content (AvgIpc) is 2.39. The Morgan fingerprint density at radius 1 is 1.50 bits per heavy atom. The summed E-state index contributed by atoms with van der Waals surface area (Å²) in [6.07, 6.45) is 0. The molecule has 0 saturated heterocycles. The molecule has 0 spiro atoms. The molecule has 5 heteroatoms. The third-order valence-electron chi connectivity index (χ3n) is 2.13. The van der Waals surface area contributed by atoms with E-state index in [1.807, 2.05) is 19.1 Å². The van der Waals surface area contributed by atoms with Crippen LogP contribution in [0.15, 0.2) is 18.2 Å². The Bertz CT molecular complexity index is 516. The van der Waals surface area contributed by atoms with Gasteiger partial charge in [0.1, 0.15) is 12.6 Å². The molecule has 0 aliphatic carbocycles. The molecule has 0 radical (unpaired) electrons. The van der Waals surface area contributed by atoms with E-state index >= 15 is 0 Å². The quantitative estimate of drug-likeness (QED) is 0.510. The molecule has 1 aromatic heterocycles. The van der Waals surface area contributed by atoms with Crippen LogP contribution < -0.4 is 0 Å². The first kappa shape index (κ1) is 8.68. The highest BCUT2D eigenvalue weighted by molar-refractivity contribution is 5.87. The van der Waals surface area contributed by atoms with Gasteiger partial charge in [-0.2, -0.15) is 0 Å². The first-order valence-corrected chi connectivity index (χ1v) is 4.17. The van der Waals surface area contributed by atoms with E-state index in [4.69, 9.17) is 0 Å². The van der Waals surface area contributed by atoms with Gasteiger partial charge in [-0.15, -0.1) is 4.68 Å². The van der Waals surface area contributed by atoms with Gasteiger partial charge in [-0.1, -0.05) is 11.2 Å². The van der Waals surface area contributed by atoms with Gasteiger partial charge in [0, 0.05) is 0 Å². The molecule has 0 N–H and O–H groups in total. The van der Waals surface area contributed by atoms with E-state index in [-0.39, 0.29) is 5.82 Å². The number of hydrogen-bond donors (Lipinski definition) is 0. The molecule has 0 bridgehead atoms. The second kappa shape index (κ2) is 2.80. The molecule has 2 rings (SSSR count).